The molecule has 20 heavy (non-hydrogen) atoms. The van der Waals surface area contributed by atoms with Crippen LogP contribution in [-0.2, 0) is 6.54 Å². The van der Waals surface area contributed by atoms with Crippen LogP contribution in [0.3, 0.4) is 0 Å². The second kappa shape index (κ2) is 5.34. The molecule has 1 fully saturated rings. The lowest BCUT2D eigenvalue weighted by atomic mass is 10.1. The van der Waals surface area contributed by atoms with Crippen molar-refractivity contribution in [1.82, 2.24) is 19.6 Å². The Morgan fingerprint density at radius 2 is 2.25 bits per heavy atom. The van der Waals surface area contributed by atoms with Crippen LogP contribution in [0.1, 0.15) is 18.2 Å². The topological polar surface area (TPSA) is 49.6 Å². The molecule has 1 aliphatic heterocycles. The number of fused-ring (bicyclic) bond motifs is 1. The SMILES string of the molecule is CCN(Cc1cc(=O)n2cc(C)ccc2n1)C1CNC1. The molecule has 3 rings (SSSR count). The van der Waals surface area contributed by atoms with Crippen LogP contribution in [0.25, 0.3) is 5.65 Å². The Kier molecular flexibility index (Phi) is 3.54. The summed E-state index contributed by atoms with van der Waals surface area (Å²) < 4.78 is 1.61. The number of nitrogens with one attached hydrogen (secondary N) is 1. The van der Waals surface area contributed by atoms with Gasteiger partial charge >= 0.3 is 0 Å². The first kappa shape index (κ1) is 13.3. The van der Waals surface area contributed by atoms with Gasteiger partial charge in [-0.25, -0.2) is 4.98 Å². The van der Waals surface area contributed by atoms with Gasteiger partial charge in [0.25, 0.3) is 5.56 Å². The zero-order valence-electron chi connectivity index (χ0n) is 12.0. The number of pyridine rings is 1. The third-order valence-electron chi connectivity index (χ3n) is 3.91. The fourth-order valence-corrected chi connectivity index (χ4v) is 2.58. The molecule has 106 valence electrons. The van der Waals surface area contributed by atoms with Crippen LogP contribution in [0.15, 0.2) is 29.2 Å². The van der Waals surface area contributed by atoms with E-state index < -0.39 is 0 Å². The third-order valence-corrected chi connectivity index (χ3v) is 3.91. The second-order valence-electron chi connectivity index (χ2n) is 5.40. The van der Waals surface area contributed by atoms with Crippen molar-refractivity contribution in [2.45, 2.75) is 26.4 Å². The van der Waals surface area contributed by atoms with Gasteiger partial charge in [0, 0.05) is 37.9 Å². The minimum atomic E-state index is -0.00325. The van der Waals surface area contributed by atoms with Crippen molar-refractivity contribution in [3.63, 3.8) is 0 Å². The molecular formula is C15H20N4O. The molecule has 0 spiro atoms. The van der Waals surface area contributed by atoms with E-state index in [1.807, 2.05) is 25.3 Å². The van der Waals surface area contributed by atoms with Crippen molar-refractivity contribution in [2.75, 3.05) is 19.6 Å². The normalized spacial score (nSPS) is 15.8. The molecule has 0 saturated carbocycles. The number of likely N-dealkylation sites (N-methyl/N-ethyl adjacent to an activating group) is 1. The number of aromatic nitrogens is 2. The Morgan fingerprint density at radius 3 is 2.90 bits per heavy atom. The molecule has 0 aromatic carbocycles. The summed E-state index contributed by atoms with van der Waals surface area (Å²) in [5.74, 6) is 0. The average molecular weight is 272 g/mol. The molecule has 1 N–H and O–H groups in total. The molecule has 3 heterocycles. The van der Waals surface area contributed by atoms with Crippen LogP contribution in [-0.4, -0.2) is 40.0 Å². The van der Waals surface area contributed by atoms with E-state index in [2.05, 4.69) is 22.1 Å². The maximum Gasteiger partial charge on any atom is 0.258 e. The highest BCUT2D eigenvalue weighted by molar-refractivity contribution is 5.39. The lowest BCUT2D eigenvalue weighted by molar-refractivity contribution is 0.143. The summed E-state index contributed by atoms with van der Waals surface area (Å²) in [6.45, 7) is 7.89. The molecule has 5 nitrogen and oxygen atoms in total. The van der Waals surface area contributed by atoms with Crippen molar-refractivity contribution in [1.29, 1.82) is 0 Å². The van der Waals surface area contributed by atoms with Crippen molar-refractivity contribution in [3.05, 3.63) is 46.0 Å². The maximum atomic E-state index is 12.2. The standard InChI is InChI=1S/C15H20N4O/c1-3-18(13-7-16-8-13)10-12-6-15(20)19-9-11(2)4-5-14(19)17-12/h4-6,9,13,16H,3,7-8,10H2,1-2H3. The minimum absolute atomic E-state index is 0.00325. The molecule has 0 bridgehead atoms. The zero-order valence-corrected chi connectivity index (χ0v) is 12.0. The van der Waals surface area contributed by atoms with Crippen LogP contribution < -0.4 is 10.9 Å². The quantitative estimate of drug-likeness (QED) is 0.894. The van der Waals surface area contributed by atoms with Gasteiger partial charge in [0.1, 0.15) is 5.65 Å². The summed E-state index contributed by atoms with van der Waals surface area (Å²) >= 11 is 0. The molecule has 2 aromatic rings. The summed E-state index contributed by atoms with van der Waals surface area (Å²) in [5, 5.41) is 3.28. The number of aryl methyl sites for hydroxylation is 1. The van der Waals surface area contributed by atoms with E-state index in [9.17, 15) is 4.79 Å². The summed E-state index contributed by atoms with van der Waals surface area (Å²) in [7, 11) is 0. The highest BCUT2D eigenvalue weighted by Gasteiger charge is 2.23. The van der Waals surface area contributed by atoms with E-state index >= 15 is 0 Å². The van der Waals surface area contributed by atoms with Gasteiger partial charge in [0.05, 0.1) is 5.69 Å². The van der Waals surface area contributed by atoms with Gasteiger partial charge in [0.15, 0.2) is 0 Å². The van der Waals surface area contributed by atoms with Crippen molar-refractivity contribution >= 4 is 5.65 Å². The van der Waals surface area contributed by atoms with E-state index in [-0.39, 0.29) is 5.56 Å². The van der Waals surface area contributed by atoms with Crippen LogP contribution >= 0.6 is 0 Å². The van der Waals surface area contributed by atoms with Crippen molar-refractivity contribution in [3.8, 4) is 0 Å². The molecule has 0 amide bonds. The van der Waals surface area contributed by atoms with Crippen LogP contribution in [0, 0.1) is 6.92 Å². The monoisotopic (exact) mass is 272 g/mol. The van der Waals surface area contributed by atoms with Gasteiger partial charge in [-0.2, -0.15) is 0 Å². The summed E-state index contributed by atoms with van der Waals surface area (Å²) in [6.07, 6.45) is 1.84. The molecule has 1 saturated heterocycles. The Labute approximate surface area is 118 Å². The molecule has 0 aliphatic carbocycles. The first-order valence-electron chi connectivity index (χ1n) is 7.11. The van der Waals surface area contributed by atoms with Gasteiger partial charge in [0.2, 0.25) is 0 Å². The van der Waals surface area contributed by atoms with Crippen LogP contribution in [0.5, 0.6) is 0 Å². The zero-order chi connectivity index (χ0) is 14.1. The lowest BCUT2D eigenvalue weighted by Gasteiger charge is -2.37. The van der Waals surface area contributed by atoms with E-state index in [4.69, 9.17) is 0 Å². The Balaban J connectivity index is 1.92. The highest BCUT2D eigenvalue weighted by atomic mass is 16.1. The summed E-state index contributed by atoms with van der Waals surface area (Å²) in [5.41, 5.74) is 2.63. The van der Waals surface area contributed by atoms with E-state index in [1.54, 1.807) is 10.5 Å². The number of hydrogen-bond acceptors (Lipinski definition) is 4. The first-order valence-corrected chi connectivity index (χ1v) is 7.11. The molecule has 0 unspecified atom stereocenters. The minimum Gasteiger partial charge on any atom is -0.314 e. The van der Waals surface area contributed by atoms with Gasteiger partial charge in [-0.05, 0) is 25.1 Å². The first-order chi connectivity index (χ1) is 9.67. The highest BCUT2D eigenvalue weighted by Crippen LogP contribution is 2.10. The Hall–Kier alpha value is -1.72. The molecule has 5 heteroatoms. The van der Waals surface area contributed by atoms with E-state index in [0.717, 1.165) is 43.1 Å². The molecule has 2 aromatic heterocycles. The van der Waals surface area contributed by atoms with Gasteiger partial charge in [-0.1, -0.05) is 13.0 Å². The predicted octanol–water partition coefficient (Wildman–Crippen LogP) is 0.797. The van der Waals surface area contributed by atoms with Crippen molar-refractivity contribution in [2.24, 2.45) is 0 Å². The molecular weight excluding hydrogens is 252 g/mol. The van der Waals surface area contributed by atoms with Crippen molar-refractivity contribution < 1.29 is 0 Å². The number of hydrogen-bond donors (Lipinski definition) is 1. The largest absolute Gasteiger partial charge is 0.314 e. The van der Waals surface area contributed by atoms with Crippen LogP contribution in [0.4, 0.5) is 0 Å². The van der Waals surface area contributed by atoms with Crippen LogP contribution in [0.2, 0.25) is 0 Å². The fourth-order valence-electron chi connectivity index (χ4n) is 2.58. The Bertz CT molecular complexity index is 675. The van der Waals surface area contributed by atoms with Gasteiger partial charge < -0.3 is 5.32 Å². The lowest BCUT2D eigenvalue weighted by Crippen LogP contribution is -2.56. The molecule has 1 aliphatic rings. The third kappa shape index (κ3) is 2.46. The smallest absolute Gasteiger partial charge is 0.258 e. The summed E-state index contributed by atoms with van der Waals surface area (Å²) in [6, 6.07) is 6.11. The fraction of sp³-hybridized carbons (Fsp3) is 0.467. The second-order valence-corrected chi connectivity index (χ2v) is 5.40. The van der Waals surface area contributed by atoms with Gasteiger partial charge in [-0.3, -0.25) is 14.1 Å². The molecule has 0 radical (unpaired) electrons. The van der Waals surface area contributed by atoms with E-state index in [0.29, 0.717) is 6.04 Å². The number of nitrogens with zero attached hydrogens (tertiary/aromatic N) is 3. The van der Waals surface area contributed by atoms with Gasteiger partial charge in [-0.15, -0.1) is 0 Å². The maximum absolute atomic E-state index is 12.2. The predicted molar refractivity (Wildman–Crippen MR) is 78.9 cm³/mol. The van der Waals surface area contributed by atoms with E-state index in [1.165, 1.54) is 0 Å². The molecule has 0 atom stereocenters. The Morgan fingerprint density at radius 1 is 1.45 bits per heavy atom. The number of rotatable bonds is 4. The average Bonchev–Trinajstić information content (AvgIpc) is 2.37. The summed E-state index contributed by atoms with van der Waals surface area (Å²) in [4.78, 5) is 19.1.